The molecule has 2 rings (SSSR count). The summed E-state index contributed by atoms with van der Waals surface area (Å²) in [6.45, 7) is 2.58. The topological polar surface area (TPSA) is 50.4 Å². The second-order valence-corrected chi connectivity index (χ2v) is 4.14. The number of hydrogen-bond acceptors (Lipinski definition) is 3. The van der Waals surface area contributed by atoms with Crippen LogP contribution in [0, 0.1) is 5.82 Å². The fraction of sp³-hybridized carbons (Fsp3) is 0.417. The van der Waals surface area contributed by atoms with Gasteiger partial charge in [0.15, 0.2) is 11.6 Å². The van der Waals surface area contributed by atoms with Crippen molar-refractivity contribution in [2.45, 2.75) is 19.0 Å². The molecule has 5 heteroatoms. The molecule has 0 spiro atoms. The predicted octanol–water partition coefficient (Wildman–Crippen LogP) is 0.983. The number of hydrogen-bond donors (Lipinski definition) is 2. The quantitative estimate of drug-likeness (QED) is 0.807. The maximum Gasteiger partial charge on any atom is 0.241 e. The first-order chi connectivity index (χ1) is 8.11. The van der Waals surface area contributed by atoms with Gasteiger partial charge in [0.2, 0.25) is 5.91 Å². The zero-order chi connectivity index (χ0) is 12.4. The first kappa shape index (κ1) is 11.9. The van der Waals surface area contributed by atoms with Crippen molar-refractivity contribution in [3.8, 4) is 5.75 Å². The van der Waals surface area contributed by atoms with E-state index < -0.39 is 11.9 Å². The molecule has 0 aromatic heterocycles. The molecular weight excluding hydrogens is 223 g/mol. The molecular formula is C12H15FN2O2. The molecule has 1 aromatic rings. The molecule has 92 valence electrons. The Morgan fingerprint density at radius 2 is 2.24 bits per heavy atom. The lowest BCUT2D eigenvalue weighted by Gasteiger charge is -2.28. The molecule has 0 radical (unpaired) electrons. The number of ether oxygens (including phenoxy) is 1. The van der Waals surface area contributed by atoms with E-state index in [1.807, 2.05) is 6.92 Å². The van der Waals surface area contributed by atoms with Gasteiger partial charge in [0.25, 0.3) is 0 Å². The highest BCUT2D eigenvalue weighted by molar-refractivity contribution is 5.84. The molecule has 1 fully saturated rings. The SMILES string of the molecule is COc1ccc(C2NCC(C)NC2=O)cc1F. The molecule has 2 atom stereocenters. The average Bonchev–Trinajstić information content (AvgIpc) is 2.29. The lowest BCUT2D eigenvalue weighted by atomic mass is 10.0. The van der Waals surface area contributed by atoms with E-state index in [-0.39, 0.29) is 17.7 Å². The van der Waals surface area contributed by atoms with Gasteiger partial charge < -0.3 is 15.4 Å². The van der Waals surface area contributed by atoms with E-state index in [4.69, 9.17) is 4.74 Å². The minimum absolute atomic E-state index is 0.0989. The Balaban J connectivity index is 2.22. The highest BCUT2D eigenvalue weighted by atomic mass is 19.1. The Hall–Kier alpha value is -1.62. The second-order valence-electron chi connectivity index (χ2n) is 4.14. The van der Waals surface area contributed by atoms with Crippen molar-refractivity contribution in [2.75, 3.05) is 13.7 Å². The lowest BCUT2D eigenvalue weighted by molar-refractivity contribution is -0.125. The summed E-state index contributed by atoms with van der Waals surface area (Å²) in [5.41, 5.74) is 0.604. The second kappa shape index (κ2) is 4.71. The molecule has 1 heterocycles. The first-order valence-electron chi connectivity index (χ1n) is 5.49. The summed E-state index contributed by atoms with van der Waals surface area (Å²) in [5.74, 6) is -0.412. The van der Waals surface area contributed by atoms with Crippen LogP contribution in [0.15, 0.2) is 18.2 Å². The third kappa shape index (κ3) is 2.39. The van der Waals surface area contributed by atoms with Gasteiger partial charge in [-0.05, 0) is 24.6 Å². The monoisotopic (exact) mass is 238 g/mol. The van der Waals surface area contributed by atoms with E-state index in [0.717, 1.165) is 0 Å². The Kier molecular flexibility index (Phi) is 3.28. The molecule has 2 N–H and O–H groups in total. The van der Waals surface area contributed by atoms with Gasteiger partial charge in [-0.15, -0.1) is 0 Å². The Morgan fingerprint density at radius 3 is 2.82 bits per heavy atom. The number of benzene rings is 1. The van der Waals surface area contributed by atoms with Gasteiger partial charge in [-0.2, -0.15) is 0 Å². The van der Waals surface area contributed by atoms with Gasteiger partial charge in [0.05, 0.1) is 7.11 Å². The fourth-order valence-electron chi connectivity index (χ4n) is 1.90. The zero-order valence-corrected chi connectivity index (χ0v) is 9.79. The van der Waals surface area contributed by atoms with E-state index >= 15 is 0 Å². The Bertz CT molecular complexity index is 437. The van der Waals surface area contributed by atoms with E-state index in [2.05, 4.69) is 10.6 Å². The molecule has 0 bridgehead atoms. The van der Waals surface area contributed by atoms with Crippen molar-refractivity contribution in [1.82, 2.24) is 10.6 Å². The largest absolute Gasteiger partial charge is 0.494 e. The standard InChI is InChI=1S/C12H15FN2O2/c1-7-6-14-11(12(16)15-7)8-3-4-10(17-2)9(13)5-8/h3-5,7,11,14H,6H2,1-2H3,(H,15,16). The lowest BCUT2D eigenvalue weighted by Crippen LogP contribution is -2.52. The van der Waals surface area contributed by atoms with Crippen molar-refractivity contribution in [1.29, 1.82) is 0 Å². The molecule has 0 saturated carbocycles. The number of amides is 1. The Morgan fingerprint density at radius 1 is 1.47 bits per heavy atom. The summed E-state index contributed by atoms with van der Waals surface area (Å²) in [4.78, 5) is 11.7. The number of piperazine rings is 1. The Labute approximate surface area is 99.2 Å². The van der Waals surface area contributed by atoms with Crippen LogP contribution < -0.4 is 15.4 Å². The van der Waals surface area contributed by atoms with E-state index in [9.17, 15) is 9.18 Å². The third-order valence-corrected chi connectivity index (χ3v) is 2.79. The number of methoxy groups -OCH3 is 1. The molecule has 1 amide bonds. The minimum Gasteiger partial charge on any atom is -0.494 e. The highest BCUT2D eigenvalue weighted by Gasteiger charge is 2.27. The predicted molar refractivity (Wildman–Crippen MR) is 61.3 cm³/mol. The molecule has 0 aliphatic carbocycles. The van der Waals surface area contributed by atoms with Crippen molar-refractivity contribution in [2.24, 2.45) is 0 Å². The normalized spacial score (nSPS) is 24.3. The van der Waals surface area contributed by atoms with Crippen LogP contribution in [0.1, 0.15) is 18.5 Å². The summed E-state index contributed by atoms with van der Waals surface area (Å²) < 4.78 is 18.4. The fourth-order valence-corrected chi connectivity index (χ4v) is 1.90. The number of rotatable bonds is 2. The van der Waals surface area contributed by atoms with Gasteiger partial charge in [-0.25, -0.2) is 4.39 Å². The van der Waals surface area contributed by atoms with Crippen LogP contribution in [0.4, 0.5) is 4.39 Å². The van der Waals surface area contributed by atoms with E-state index in [1.54, 1.807) is 6.07 Å². The summed E-state index contributed by atoms with van der Waals surface area (Å²) in [7, 11) is 1.41. The van der Waals surface area contributed by atoms with Gasteiger partial charge in [-0.3, -0.25) is 4.79 Å². The molecule has 17 heavy (non-hydrogen) atoms. The summed E-state index contributed by atoms with van der Waals surface area (Å²) in [6, 6.07) is 4.15. The van der Waals surface area contributed by atoms with Gasteiger partial charge in [-0.1, -0.05) is 6.07 Å². The van der Waals surface area contributed by atoms with Crippen LogP contribution in [0.5, 0.6) is 5.75 Å². The summed E-state index contributed by atoms with van der Waals surface area (Å²) in [5, 5.41) is 5.90. The summed E-state index contributed by atoms with van der Waals surface area (Å²) in [6.07, 6.45) is 0. The number of nitrogens with one attached hydrogen (secondary N) is 2. The summed E-state index contributed by atoms with van der Waals surface area (Å²) >= 11 is 0. The van der Waals surface area contributed by atoms with Crippen molar-refractivity contribution in [3.63, 3.8) is 0 Å². The van der Waals surface area contributed by atoms with Gasteiger partial charge in [0.1, 0.15) is 6.04 Å². The van der Waals surface area contributed by atoms with Crippen molar-refractivity contribution in [3.05, 3.63) is 29.6 Å². The van der Waals surface area contributed by atoms with Crippen LogP contribution in [-0.4, -0.2) is 25.6 Å². The molecule has 1 aliphatic rings. The maximum absolute atomic E-state index is 13.5. The number of carbonyl (C=O) groups is 1. The van der Waals surface area contributed by atoms with E-state index in [1.165, 1.54) is 19.2 Å². The zero-order valence-electron chi connectivity index (χ0n) is 9.79. The molecule has 1 aliphatic heterocycles. The average molecular weight is 238 g/mol. The van der Waals surface area contributed by atoms with Crippen LogP contribution in [-0.2, 0) is 4.79 Å². The van der Waals surface area contributed by atoms with Crippen LogP contribution in [0.25, 0.3) is 0 Å². The van der Waals surface area contributed by atoms with Crippen LogP contribution >= 0.6 is 0 Å². The molecule has 4 nitrogen and oxygen atoms in total. The van der Waals surface area contributed by atoms with Gasteiger partial charge >= 0.3 is 0 Å². The highest BCUT2D eigenvalue weighted by Crippen LogP contribution is 2.23. The maximum atomic E-state index is 13.5. The van der Waals surface area contributed by atoms with Gasteiger partial charge in [0, 0.05) is 12.6 Å². The minimum atomic E-state index is -0.494. The third-order valence-electron chi connectivity index (χ3n) is 2.79. The van der Waals surface area contributed by atoms with Crippen LogP contribution in [0.2, 0.25) is 0 Å². The molecule has 1 aromatic carbocycles. The first-order valence-corrected chi connectivity index (χ1v) is 5.49. The number of halogens is 1. The van der Waals surface area contributed by atoms with Crippen molar-refractivity contribution >= 4 is 5.91 Å². The number of carbonyl (C=O) groups excluding carboxylic acids is 1. The molecule has 2 unspecified atom stereocenters. The smallest absolute Gasteiger partial charge is 0.241 e. The van der Waals surface area contributed by atoms with Crippen molar-refractivity contribution < 1.29 is 13.9 Å². The molecule has 1 saturated heterocycles. The van der Waals surface area contributed by atoms with E-state index in [0.29, 0.717) is 12.1 Å². The van der Waals surface area contributed by atoms with Crippen LogP contribution in [0.3, 0.4) is 0 Å².